The monoisotopic (exact) mass is 839 g/mol. The number of aromatic hydroxyl groups is 1. The second kappa shape index (κ2) is 17.2. The Morgan fingerprint density at radius 3 is 2.30 bits per heavy atom. The van der Waals surface area contributed by atoms with Crippen LogP contribution in [0.3, 0.4) is 0 Å². The van der Waals surface area contributed by atoms with Crippen molar-refractivity contribution in [1.29, 1.82) is 0 Å². The lowest BCUT2D eigenvalue weighted by molar-refractivity contribution is -0.221. The van der Waals surface area contributed by atoms with E-state index in [4.69, 9.17) is 14.2 Å². The SMILES string of the molecule is CC(=O)N[C@H]1[C@H]([C@H](O)[C@H](O)CNC(=O)c2cc(C)c(O)c(C)c2)O[C@@](CCN2CCOC[C@@]23CCN(C(=O)OC(C)(C)C)C3)(C(=O)NS(=O)(=O)C(F)(F)F)C[C@@H]1O. The van der Waals surface area contributed by atoms with Gasteiger partial charge in [-0.05, 0) is 70.7 Å². The van der Waals surface area contributed by atoms with E-state index in [0.29, 0.717) is 17.5 Å². The van der Waals surface area contributed by atoms with Crippen molar-refractivity contribution in [1.82, 2.24) is 25.2 Å². The molecule has 3 saturated heterocycles. The number of nitrogens with zero attached hydrogens (tertiary/aromatic N) is 2. The van der Waals surface area contributed by atoms with Crippen molar-refractivity contribution >= 4 is 33.8 Å². The zero-order valence-electron chi connectivity index (χ0n) is 32.5. The van der Waals surface area contributed by atoms with Crippen LogP contribution in [0, 0.1) is 13.8 Å². The number of sulfonamides is 1. The third-order valence-corrected chi connectivity index (χ3v) is 11.3. The number of amides is 4. The molecule has 0 aliphatic carbocycles. The number of alkyl halides is 3. The van der Waals surface area contributed by atoms with Gasteiger partial charge in [0, 0.05) is 51.6 Å². The van der Waals surface area contributed by atoms with E-state index in [1.807, 2.05) is 4.90 Å². The minimum atomic E-state index is -6.34. The smallest absolute Gasteiger partial charge is 0.507 e. The lowest BCUT2D eigenvalue weighted by Gasteiger charge is -2.50. The first kappa shape index (κ1) is 45.9. The molecule has 3 aliphatic rings. The molecule has 3 heterocycles. The number of morpholine rings is 1. The van der Waals surface area contributed by atoms with E-state index in [2.05, 4.69) is 10.6 Å². The van der Waals surface area contributed by atoms with Crippen LogP contribution in [0.2, 0.25) is 0 Å². The zero-order chi connectivity index (χ0) is 42.9. The van der Waals surface area contributed by atoms with Gasteiger partial charge in [0.05, 0.1) is 37.0 Å². The fourth-order valence-corrected chi connectivity index (χ4v) is 7.87. The number of rotatable bonds is 11. The molecule has 4 rings (SSSR count). The third kappa shape index (κ3) is 10.6. The topological polar surface area (TPSA) is 254 Å². The molecule has 0 aromatic heterocycles. The summed E-state index contributed by atoms with van der Waals surface area (Å²) < 4.78 is 83.5. The van der Waals surface area contributed by atoms with E-state index in [1.54, 1.807) is 34.6 Å². The Labute approximate surface area is 328 Å². The van der Waals surface area contributed by atoms with Crippen molar-refractivity contribution in [2.24, 2.45) is 0 Å². The van der Waals surface area contributed by atoms with Crippen LogP contribution in [0.1, 0.15) is 68.4 Å². The average Bonchev–Trinajstić information content (AvgIpc) is 3.52. The molecular weight excluding hydrogens is 787 g/mol. The fraction of sp³-hybridized carbons (Fsp3) is 0.714. The number of ether oxygens (including phenoxy) is 3. The number of benzene rings is 1. The van der Waals surface area contributed by atoms with Gasteiger partial charge in [-0.2, -0.15) is 21.6 Å². The number of aryl methyl sites for hydroxylation is 2. The van der Waals surface area contributed by atoms with Crippen molar-refractivity contribution in [3.8, 4) is 5.75 Å². The van der Waals surface area contributed by atoms with Gasteiger partial charge in [0.15, 0.2) is 5.60 Å². The van der Waals surface area contributed by atoms with E-state index in [9.17, 15) is 61.2 Å². The Hall–Kier alpha value is -3.80. The maximum absolute atomic E-state index is 13.9. The largest absolute Gasteiger partial charge is 0.516 e. The molecule has 0 unspecified atom stereocenters. The summed E-state index contributed by atoms with van der Waals surface area (Å²) in [5.74, 6) is -3.40. The summed E-state index contributed by atoms with van der Waals surface area (Å²) >= 11 is 0. The molecule has 1 aromatic carbocycles. The first-order chi connectivity index (χ1) is 26.2. The summed E-state index contributed by atoms with van der Waals surface area (Å²) in [4.78, 5) is 55.2. The second-order valence-electron chi connectivity index (χ2n) is 15.8. The summed E-state index contributed by atoms with van der Waals surface area (Å²) in [5.41, 5.74) is -9.43. The first-order valence-corrected chi connectivity index (χ1v) is 19.7. The Bertz CT molecular complexity index is 1770. The van der Waals surface area contributed by atoms with Crippen LogP contribution in [0.25, 0.3) is 0 Å². The number of carbonyl (C=O) groups excluding carboxylic acids is 4. The molecule has 0 bridgehead atoms. The molecule has 0 saturated carbocycles. The summed E-state index contributed by atoms with van der Waals surface area (Å²) in [5, 5.41) is 48.7. The molecule has 7 N–H and O–H groups in total. The van der Waals surface area contributed by atoms with E-state index < -0.39 is 106 Å². The van der Waals surface area contributed by atoms with Crippen LogP contribution in [0.5, 0.6) is 5.75 Å². The minimum Gasteiger partial charge on any atom is -0.507 e. The highest BCUT2D eigenvalue weighted by Crippen LogP contribution is 2.39. The maximum Gasteiger partial charge on any atom is 0.516 e. The Morgan fingerprint density at radius 1 is 1.09 bits per heavy atom. The summed E-state index contributed by atoms with van der Waals surface area (Å²) in [6.07, 6.45) is -9.70. The van der Waals surface area contributed by atoms with E-state index in [0.717, 1.165) is 11.6 Å². The van der Waals surface area contributed by atoms with Gasteiger partial charge in [-0.3, -0.25) is 19.3 Å². The van der Waals surface area contributed by atoms with Crippen molar-refractivity contribution in [3.05, 3.63) is 28.8 Å². The van der Waals surface area contributed by atoms with E-state index in [-0.39, 0.29) is 50.7 Å². The predicted molar refractivity (Wildman–Crippen MR) is 193 cm³/mol. The highest BCUT2D eigenvalue weighted by Gasteiger charge is 2.58. The third-order valence-electron chi connectivity index (χ3n) is 10.3. The number of hydrogen-bond donors (Lipinski definition) is 7. The van der Waals surface area contributed by atoms with Gasteiger partial charge in [-0.1, -0.05) is 0 Å². The Balaban J connectivity index is 1.65. The molecule has 18 nitrogen and oxygen atoms in total. The van der Waals surface area contributed by atoms with Gasteiger partial charge < -0.3 is 50.2 Å². The average molecular weight is 840 g/mol. The Morgan fingerprint density at radius 2 is 1.72 bits per heavy atom. The van der Waals surface area contributed by atoms with Crippen LogP contribution in [0.4, 0.5) is 18.0 Å². The maximum atomic E-state index is 13.9. The number of likely N-dealkylation sites (tertiary alicyclic amines) is 1. The quantitative estimate of drug-likeness (QED) is 0.154. The van der Waals surface area contributed by atoms with Crippen molar-refractivity contribution < 1.29 is 75.4 Å². The van der Waals surface area contributed by atoms with Gasteiger partial charge >= 0.3 is 21.6 Å². The molecular formula is C35H52F3N5O13S. The van der Waals surface area contributed by atoms with Gasteiger partial charge in [-0.25, -0.2) is 9.52 Å². The highest BCUT2D eigenvalue weighted by molar-refractivity contribution is 7.90. The van der Waals surface area contributed by atoms with Crippen LogP contribution >= 0.6 is 0 Å². The molecule has 322 valence electrons. The number of halogens is 3. The molecule has 0 radical (unpaired) electrons. The number of hydrogen-bond acceptors (Lipinski definition) is 14. The van der Waals surface area contributed by atoms with Crippen LogP contribution in [0.15, 0.2) is 12.1 Å². The highest BCUT2D eigenvalue weighted by atomic mass is 32.2. The normalized spacial score (nSPS) is 27.1. The molecule has 57 heavy (non-hydrogen) atoms. The Kier molecular flexibility index (Phi) is 13.8. The van der Waals surface area contributed by atoms with Gasteiger partial charge in [0.25, 0.3) is 11.8 Å². The number of nitrogens with one attached hydrogen (secondary N) is 3. The molecule has 3 fully saturated rings. The molecule has 4 amide bonds. The minimum absolute atomic E-state index is 0.0376. The van der Waals surface area contributed by atoms with Crippen molar-refractivity contribution in [3.63, 3.8) is 0 Å². The fourth-order valence-electron chi connectivity index (χ4n) is 7.33. The van der Waals surface area contributed by atoms with Crippen molar-refractivity contribution in [2.45, 2.75) is 114 Å². The lowest BCUT2D eigenvalue weighted by Crippen LogP contribution is -2.69. The molecule has 7 atom stereocenters. The summed E-state index contributed by atoms with van der Waals surface area (Å²) in [6, 6.07) is 1.14. The molecule has 3 aliphatic heterocycles. The predicted octanol–water partition coefficient (Wildman–Crippen LogP) is -0.0784. The van der Waals surface area contributed by atoms with Gasteiger partial charge in [0.1, 0.15) is 23.6 Å². The van der Waals surface area contributed by atoms with Gasteiger partial charge in [0.2, 0.25) is 5.91 Å². The summed E-state index contributed by atoms with van der Waals surface area (Å²) in [6.45, 7) is 9.17. The summed E-state index contributed by atoms with van der Waals surface area (Å²) in [7, 11) is -6.34. The van der Waals surface area contributed by atoms with E-state index in [1.165, 1.54) is 17.0 Å². The number of aliphatic hydroxyl groups is 3. The van der Waals surface area contributed by atoms with Crippen LogP contribution in [-0.2, 0) is 33.8 Å². The number of phenolic OH excluding ortho intramolecular Hbond substituents is 1. The number of aliphatic hydroxyl groups excluding tert-OH is 3. The molecule has 1 aromatic rings. The van der Waals surface area contributed by atoms with Crippen molar-refractivity contribution in [2.75, 3.05) is 45.9 Å². The van der Waals surface area contributed by atoms with E-state index >= 15 is 0 Å². The van der Waals surface area contributed by atoms with Crippen LogP contribution < -0.4 is 15.4 Å². The van der Waals surface area contributed by atoms with Crippen LogP contribution in [-0.4, -0.2) is 161 Å². The number of carbonyl (C=O) groups is 4. The first-order valence-electron chi connectivity index (χ1n) is 18.2. The van der Waals surface area contributed by atoms with Gasteiger partial charge in [-0.15, -0.1) is 0 Å². The lowest BCUT2D eigenvalue weighted by atomic mass is 9.80. The standard InChI is InChI=1S/C35H52F3N5O13S/c1-19-13-22(14-20(2)26(19)47)29(49)39-16-24(46)27(48)28-25(40-21(3)44)23(45)15-34(55-28,30(50)41-57(52,53)35(36,37)38)8-10-43-11-12-54-18-33(43)7-9-42(17-33)31(51)56-32(4,5)6/h13-14,23-25,27-28,45-48H,7-12,15-18H2,1-6H3,(H,39,49)(H,40,44)(H,41,50)/t23-,24+,25+,27+,28+,33-,34+/m0/s1. The zero-order valence-corrected chi connectivity index (χ0v) is 33.3. The second-order valence-corrected chi connectivity index (χ2v) is 17.5. The number of phenols is 1. The molecule has 22 heteroatoms. The molecule has 1 spiro atoms.